The van der Waals surface area contributed by atoms with Gasteiger partial charge in [0.2, 0.25) is 0 Å². The van der Waals surface area contributed by atoms with Crippen LogP contribution in [-0.2, 0) is 4.79 Å². The predicted molar refractivity (Wildman–Crippen MR) is 58.2 cm³/mol. The number of Topliss-reactive ketones (excluding diaryl/α,β-unsaturated/α-hetero) is 1. The second-order valence-corrected chi connectivity index (χ2v) is 3.97. The zero-order chi connectivity index (χ0) is 9.84. The first-order chi connectivity index (χ1) is 6.15. The van der Waals surface area contributed by atoms with E-state index >= 15 is 0 Å². The summed E-state index contributed by atoms with van der Waals surface area (Å²) < 4.78 is 1.04. The summed E-state index contributed by atoms with van der Waals surface area (Å²) in [5.74, 6) is -0.723. The number of rotatable bonds is 2. The minimum Gasteiger partial charge on any atom is -0.298 e. The lowest BCUT2D eigenvalue weighted by Gasteiger charge is -2.04. The van der Waals surface area contributed by atoms with Crippen molar-refractivity contribution in [1.29, 1.82) is 5.26 Å². The molecule has 1 atom stereocenters. The van der Waals surface area contributed by atoms with Crippen LogP contribution in [0.25, 0.3) is 0 Å². The molecule has 0 fully saturated rings. The van der Waals surface area contributed by atoms with Crippen molar-refractivity contribution in [2.75, 3.05) is 0 Å². The average Bonchev–Trinajstić information content (AvgIpc) is 2.04. The molecule has 0 N–H and O–H groups in total. The smallest absolute Gasteiger partial charge is 0.151 e. The Labute approximate surface area is 90.7 Å². The predicted octanol–water partition coefficient (Wildman–Crippen LogP) is 2.49. The molecule has 0 saturated carbocycles. The molecule has 0 amide bonds. The highest BCUT2D eigenvalue weighted by Gasteiger charge is 2.15. The van der Waals surface area contributed by atoms with Gasteiger partial charge in [-0.3, -0.25) is 4.79 Å². The van der Waals surface area contributed by atoms with Crippen LogP contribution in [0.4, 0.5) is 0 Å². The molecule has 0 aromatic heterocycles. The summed E-state index contributed by atoms with van der Waals surface area (Å²) in [6.07, 6.45) is 0. The Morgan fingerprint density at radius 1 is 1.62 bits per heavy atom. The number of hydrogen-bond donors (Lipinski definition) is 0. The molecule has 13 heavy (non-hydrogen) atoms. The van der Waals surface area contributed by atoms with Gasteiger partial charge in [-0.1, -0.05) is 12.1 Å². The third-order valence-corrected chi connectivity index (χ3v) is 2.39. The number of benzene rings is 1. The molecule has 0 aliphatic carbocycles. The van der Waals surface area contributed by atoms with E-state index in [4.69, 9.17) is 5.26 Å². The average molecular weight is 285 g/mol. The van der Waals surface area contributed by atoms with Gasteiger partial charge in [0, 0.05) is 3.57 Å². The Hall–Kier alpha value is -0.890. The van der Waals surface area contributed by atoms with Crippen molar-refractivity contribution in [3.63, 3.8) is 0 Å². The largest absolute Gasteiger partial charge is 0.298 e. The van der Waals surface area contributed by atoms with Gasteiger partial charge in [-0.05, 0) is 47.2 Å². The summed E-state index contributed by atoms with van der Waals surface area (Å²) >= 11 is 2.16. The van der Waals surface area contributed by atoms with Crippen LogP contribution in [0.2, 0.25) is 0 Å². The maximum atomic E-state index is 11.1. The van der Waals surface area contributed by atoms with Gasteiger partial charge < -0.3 is 0 Å². The fourth-order valence-electron chi connectivity index (χ4n) is 1.09. The van der Waals surface area contributed by atoms with Crippen LogP contribution in [0, 0.1) is 14.9 Å². The fraction of sp³-hybridized carbons (Fsp3) is 0.200. The number of carbonyl (C=O) groups excluding carboxylic acids is 1. The third kappa shape index (κ3) is 2.52. The van der Waals surface area contributed by atoms with Crippen LogP contribution < -0.4 is 0 Å². The molecule has 3 heteroatoms. The number of nitriles is 1. The zero-order valence-electron chi connectivity index (χ0n) is 7.12. The lowest BCUT2D eigenvalue weighted by Crippen LogP contribution is -2.06. The number of carbonyl (C=O) groups is 1. The van der Waals surface area contributed by atoms with Crippen molar-refractivity contribution in [2.24, 2.45) is 0 Å². The number of nitrogens with zero attached hydrogens (tertiary/aromatic N) is 1. The van der Waals surface area contributed by atoms with Crippen LogP contribution in [0.3, 0.4) is 0 Å². The fourth-order valence-corrected chi connectivity index (χ4v) is 1.65. The first-order valence-corrected chi connectivity index (χ1v) is 4.88. The Morgan fingerprint density at radius 3 is 2.77 bits per heavy atom. The van der Waals surface area contributed by atoms with Crippen LogP contribution in [0.15, 0.2) is 24.3 Å². The normalized spacial score (nSPS) is 11.8. The third-order valence-electron chi connectivity index (χ3n) is 1.72. The van der Waals surface area contributed by atoms with E-state index in [2.05, 4.69) is 22.6 Å². The van der Waals surface area contributed by atoms with E-state index < -0.39 is 5.92 Å². The van der Waals surface area contributed by atoms with Crippen LogP contribution in [-0.4, -0.2) is 5.78 Å². The number of hydrogen-bond acceptors (Lipinski definition) is 2. The maximum absolute atomic E-state index is 11.1. The first kappa shape index (κ1) is 10.2. The Morgan fingerprint density at radius 2 is 2.31 bits per heavy atom. The second-order valence-electron chi connectivity index (χ2n) is 2.73. The summed E-state index contributed by atoms with van der Waals surface area (Å²) in [7, 11) is 0. The molecule has 1 unspecified atom stereocenters. The summed E-state index contributed by atoms with van der Waals surface area (Å²) in [4.78, 5) is 11.1. The minimum atomic E-state index is -0.616. The molecule has 0 bridgehead atoms. The molecule has 0 heterocycles. The van der Waals surface area contributed by atoms with E-state index in [0.717, 1.165) is 9.13 Å². The highest BCUT2D eigenvalue weighted by Crippen LogP contribution is 2.18. The van der Waals surface area contributed by atoms with Gasteiger partial charge in [0.15, 0.2) is 5.78 Å². The monoisotopic (exact) mass is 285 g/mol. The van der Waals surface area contributed by atoms with Crippen molar-refractivity contribution < 1.29 is 4.79 Å². The molecule has 66 valence electrons. The van der Waals surface area contributed by atoms with Gasteiger partial charge in [0.25, 0.3) is 0 Å². The molecular weight excluding hydrogens is 277 g/mol. The lowest BCUT2D eigenvalue weighted by atomic mass is 9.97. The molecule has 2 nitrogen and oxygen atoms in total. The van der Waals surface area contributed by atoms with Crippen molar-refractivity contribution in [2.45, 2.75) is 12.8 Å². The van der Waals surface area contributed by atoms with E-state index in [9.17, 15) is 4.79 Å². The van der Waals surface area contributed by atoms with Gasteiger partial charge >= 0.3 is 0 Å². The lowest BCUT2D eigenvalue weighted by molar-refractivity contribution is -0.117. The summed E-state index contributed by atoms with van der Waals surface area (Å²) in [5, 5.41) is 8.77. The molecule has 1 rings (SSSR count). The van der Waals surface area contributed by atoms with Gasteiger partial charge in [-0.15, -0.1) is 0 Å². The molecule has 0 aliphatic heterocycles. The SMILES string of the molecule is CC(=O)C(C#N)c1cccc(I)c1. The van der Waals surface area contributed by atoms with Crippen molar-refractivity contribution >= 4 is 28.4 Å². The Balaban J connectivity index is 3.07. The first-order valence-electron chi connectivity index (χ1n) is 3.80. The molecule has 0 radical (unpaired) electrons. The van der Waals surface area contributed by atoms with Gasteiger partial charge in [0.05, 0.1) is 6.07 Å². The van der Waals surface area contributed by atoms with Gasteiger partial charge in [0.1, 0.15) is 5.92 Å². The van der Waals surface area contributed by atoms with Gasteiger partial charge in [-0.25, -0.2) is 0 Å². The number of halogens is 1. The molecule has 0 spiro atoms. The highest BCUT2D eigenvalue weighted by atomic mass is 127. The summed E-state index contributed by atoms with van der Waals surface area (Å²) in [5.41, 5.74) is 0.780. The van der Waals surface area contributed by atoms with E-state index in [-0.39, 0.29) is 5.78 Å². The minimum absolute atomic E-state index is 0.107. The Bertz CT molecular complexity index is 367. The molecule has 0 saturated heterocycles. The summed E-state index contributed by atoms with van der Waals surface area (Å²) in [6, 6.07) is 9.43. The highest BCUT2D eigenvalue weighted by molar-refractivity contribution is 14.1. The van der Waals surface area contributed by atoms with Gasteiger partial charge in [-0.2, -0.15) is 5.26 Å². The van der Waals surface area contributed by atoms with E-state index in [0.29, 0.717) is 0 Å². The maximum Gasteiger partial charge on any atom is 0.151 e. The van der Waals surface area contributed by atoms with Crippen LogP contribution in [0.1, 0.15) is 18.4 Å². The quantitative estimate of drug-likeness (QED) is 0.783. The van der Waals surface area contributed by atoms with Crippen LogP contribution in [0.5, 0.6) is 0 Å². The number of ketones is 1. The van der Waals surface area contributed by atoms with E-state index in [1.54, 1.807) is 6.07 Å². The Kier molecular flexibility index (Phi) is 3.43. The van der Waals surface area contributed by atoms with Crippen molar-refractivity contribution in [3.05, 3.63) is 33.4 Å². The van der Waals surface area contributed by atoms with E-state index in [1.807, 2.05) is 24.3 Å². The standard InChI is InChI=1S/C10H8INO/c1-7(13)10(6-12)8-3-2-4-9(11)5-8/h2-5,10H,1H3. The van der Waals surface area contributed by atoms with Crippen LogP contribution >= 0.6 is 22.6 Å². The molecule has 0 aliphatic rings. The summed E-state index contributed by atoms with van der Waals surface area (Å²) in [6.45, 7) is 1.44. The molecule has 1 aromatic carbocycles. The molecular formula is C10H8INO. The topological polar surface area (TPSA) is 40.9 Å². The second kappa shape index (κ2) is 4.38. The zero-order valence-corrected chi connectivity index (χ0v) is 9.28. The van der Waals surface area contributed by atoms with E-state index in [1.165, 1.54) is 6.92 Å². The molecule has 1 aromatic rings. The van der Waals surface area contributed by atoms with Crippen molar-refractivity contribution in [3.8, 4) is 6.07 Å². The van der Waals surface area contributed by atoms with Crippen molar-refractivity contribution in [1.82, 2.24) is 0 Å².